The van der Waals surface area contributed by atoms with Crippen LogP contribution in [0.5, 0.6) is 0 Å². The number of carbonyl (C=O) groups is 2. The van der Waals surface area contributed by atoms with Crippen LogP contribution < -0.4 is 15.5 Å². The third-order valence-electron chi connectivity index (χ3n) is 5.21. The number of hydrogen-bond donors (Lipinski definition) is 2. The Bertz CT molecular complexity index is 770. The smallest absolute Gasteiger partial charge is 0.408 e. The van der Waals surface area contributed by atoms with Crippen molar-refractivity contribution in [1.29, 1.82) is 0 Å². The third-order valence-corrected chi connectivity index (χ3v) is 5.41. The minimum absolute atomic E-state index is 0.172. The van der Waals surface area contributed by atoms with Crippen molar-refractivity contribution in [3.63, 3.8) is 0 Å². The Hall–Kier alpha value is -2.06. The van der Waals surface area contributed by atoms with E-state index < -0.39 is 17.2 Å². The van der Waals surface area contributed by atoms with E-state index in [4.69, 9.17) is 21.1 Å². The van der Waals surface area contributed by atoms with Gasteiger partial charge >= 0.3 is 6.09 Å². The Balaban J connectivity index is 1.60. The summed E-state index contributed by atoms with van der Waals surface area (Å²) in [5.74, 6) is 0.401. The Morgan fingerprint density at radius 1 is 1.31 bits per heavy atom. The van der Waals surface area contributed by atoms with Crippen molar-refractivity contribution in [2.75, 3.05) is 31.6 Å². The van der Waals surface area contributed by atoms with Gasteiger partial charge in [-0.1, -0.05) is 11.6 Å². The summed E-state index contributed by atoms with van der Waals surface area (Å²) in [5, 5.41) is 6.11. The molecule has 2 N–H and O–H groups in total. The van der Waals surface area contributed by atoms with Gasteiger partial charge in [0.2, 0.25) is 0 Å². The summed E-state index contributed by atoms with van der Waals surface area (Å²) >= 11 is 6.13. The zero-order chi connectivity index (χ0) is 21.2. The van der Waals surface area contributed by atoms with Crippen LogP contribution >= 0.6 is 11.6 Å². The summed E-state index contributed by atoms with van der Waals surface area (Å²) < 4.78 is 10.6. The Morgan fingerprint density at radius 3 is 2.55 bits per heavy atom. The van der Waals surface area contributed by atoms with Crippen molar-refractivity contribution in [2.45, 2.75) is 57.3 Å². The number of aromatic nitrogens is 1. The molecule has 2 aliphatic rings. The topological polar surface area (TPSA) is 92.8 Å². The molecule has 2 heterocycles. The summed E-state index contributed by atoms with van der Waals surface area (Å²) in [6.45, 7) is 7.22. The molecular formula is C20H29ClN4O4. The zero-order valence-electron chi connectivity index (χ0n) is 17.4. The predicted molar refractivity (Wildman–Crippen MR) is 111 cm³/mol. The number of amides is 2. The fourth-order valence-corrected chi connectivity index (χ4v) is 3.58. The fourth-order valence-electron chi connectivity index (χ4n) is 3.37. The SMILES string of the molecule is COC1CN(c2cc(C(=O)NCC3(NC(=O)OC(C)(C)C)CCC3)cc(Cl)n2)C1. The first kappa shape index (κ1) is 21.6. The van der Waals surface area contributed by atoms with Crippen LogP contribution in [-0.2, 0) is 9.47 Å². The van der Waals surface area contributed by atoms with Crippen molar-refractivity contribution >= 4 is 29.4 Å². The average molecular weight is 425 g/mol. The van der Waals surface area contributed by atoms with E-state index in [1.165, 1.54) is 0 Å². The molecule has 8 nitrogen and oxygen atoms in total. The lowest BCUT2D eigenvalue weighted by Gasteiger charge is -2.42. The van der Waals surface area contributed by atoms with Crippen LogP contribution in [-0.4, -0.2) is 61.0 Å². The molecule has 2 fully saturated rings. The lowest BCUT2D eigenvalue weighted by molar-refractivity contribution is 0.0378. The molecule has 0 bridgehead atoms. The minimum Gasteiger partial charge on any atom is -0.444 e. The molecule has 0 radical (unpaired) electrons. The number of anilines is 1. The van der Waals surface area contributed by atoms with Gasteiger partial charge in [-0.3, -0.25) is 4.79 Å². The highest BCUT2D eigenvalue weighted by Crippen LogP contribution is 2.32. The molecule has 1 aliphatic heterocycles. The maximum atomic E-state index is 12.7. The number of nitrogens with one attached hydrogen (secondary N) is 2. The molecule has 160 valence electrons. The first-order valence-electron chi connectivity index (χ1n) is 9.84. The highest BCUT2D eigenvalue weighted by molar-refractivity contribution is 6.29. The van der Waals surface area contributed by atoms with Crippen LogP contribution in [0.3, 0.4) is 0 Å². The second-order valence-electron chi connectivity index (χ2n) is 8.74. The number of ether oxygens (including phenoxy) is 2. The zero-order valence-corrected chi connectivity index (χ0v) is 18.1. The summed E-state index contributed by atoms with van der Waals surface area (Å²) in [5.41, 5.74) is -0.602. The van der Waals surface area contributed by atoms with Gasteiger partial charge in [0.05, 0.1) is 11.6 Å². The molecule has 0 spiro atoms. The van der Waals surface area contributed by atoms with E-state index >= 15 is 0 Å². The summed E-state index contributed by atoms with van der Waals surface area (Å²) in [6.07, 6.45) is 2.28. The maximum Gasteiger partial charge on any atom is 0.408 e. The van der Waals surface area contributed by atoms with E-state index in [0.29, 0.717) is 31.0 Å². The van der Waals surface area contributed by atoms with Crippen LogP contribution in [0.4, 0.5) is 10.6 Å². The van der Waals surface area contributed by atoms with Gasteiger partial charge in [-0.05, 0) is 52.2 Å². The van der Waals surface area contributed by atoms with Gasteiger partial charge < -0.3 is 25.0 Å². The van der Waals surface area contributed by atoms with Crippen molar-refractivity contribution in [3.8, 4) is 0 Å². The number of halogens is 1. The third kappa shape index (κ3) is 5.51. The Morgan fingerprint density at radius 2 is 2.00 bits per heavy atom. The second kappa shape index (κ2) is 8.36. The minimum atomic E-state index is -0.568. The van der Waals surface area contributed by atoms with E-state index in [-0.39, 0.29) is 17.2 Å². The molecule has 0 atom stereocenters. The van der Waals surface area contributed by atoms with Gasteiger partial charge in [0.1, 0.15) is 16.6 Å². The van der Waals surface area contributed by atoms with Gasteiger partial charge in [-0.15, -0.1) is 0 Å². The first-order chi connectivity index (χ1) is 13.6. The molecular weight excluding hydrogens is 396 g/mol. The Kier molecular flexibility index (Phi) is 6.24. The normalized spacial score (nSPS) is 18.4. The molecule has 1 saturated carbocycles. The highest BCUT2D eigenvalue weighted by Gasteiger charge is 2.40. The van der Waals surface area contributed by atoms with Crippen molar-refractivity contribution in [1.82, 2.24) is 15.6 Å². The molecule has 2 amide bonds. The van der Waals surface area contributed by atoms with Gasteiger partial charge in [0.25, 0.3) is 5.91 Å². The van der Waals surface area contributed by atoms with E-state index in [1.54, 1.807) is 19.2 Å². The van der Waals surface area contributed by atoms with E-state index in [9.17, 15) is 9.59 Å². The molecule has 0 aromatic carbocycles. The average Bonchev–Trinajstić information content (AvgIpc) is 2.53. The van der Waals surface area contributed by atoms with Crippen LogP contribution in [0, 0.1) is 0 Å². The Labute approximate surface area is 176 Å². The number of pyridine rings is 1. The van der Waals surface area contributed by atoms with E-state index in [0.717, 1.165) is 19.3 Å². The summed E-state index contributed by atoms with van der Waals surface area (Å²) in [7, 11) is 1.67. The van der Waals surface area contributed by atoms with Crippen LogP contribution in [0.1, 0.15) is 50.4 Å². The quantitative estimate of drug-likeness (QED) is 0.682. The predicted octanol–water partition coefficient (Wildman–Crippen LogP) is 2.75. The standard InChI is InChI=1S/C20H29ClN4O4/c1-19(2,3)29-18(27)24-20(6-5-7-20)12-22-17(26)13-8-15(21)23-16(9-13)25-10-14(11-25)28-4/h8-9,14H,5-7,10-12H2,1-4H3,(H,22,26)(H,24,27). The number of hydrogen-bond acceptors (Lipinski definition) is 6. The molecule has 1 aromatic heterocycles. The number of alkyl carbamates (subject to hydrolysis) is 1. The summed E-state index contributed by atoms with van der Waals surface area (Å²) in [6, 6.07) is 3.27. The van der Waals surface area contributed by atoms with E-state index in [1.807, 2.05) is 25.7 Å². The van der Waals surface area contributed by atoms with Crippen molar-refractivity contribution < 1.29 is 19.1 Å². The number of nitrogens with zero attached hydrogens (tertiary/aromatic N) is 2. The molecule has 9 heteroatoms. The number of methoxy groups -OCH3 is 1. The fraction of sp³-hybridized carbons (Fsp3) is 0.650. The van der Waals surface area contributed by atoms with Crippen LogP contribution in [0.25, 0.3) is 0 Å². The van der Waals surface area contributed by atoms with Gasteiger partial charge in [-0.2, -0.15) is 0 Å². The summed E-state index contributed by atoms with van der Waals surface area (Å²) in [4.78, 5) is 31.2. The highest BCUT2D eigenvalue weighted by atomic mass is 35.5. The van der Waals surface area contributed by atoms with Gasteiger partial charge in [0.15, 0.2) is 0 Å². The lowest BCUT2D eigenvalue weighted by Crippen LogP contribution is -2.60. The van der Waals surface area contributed by atoms with Gasteiger partial charge in [-0.25, -0.2) is 9.78 Å². The van der Waals surface area contributed by atoms with E-state index in [2.05, 4.69) is 15.6 Å². The van der Waals surface area contributed by atoms with Crippen LogP contribution in [0.15, 0.2) is 12.1 Å². The largest absolute Gasteiger partial charge is 0.444 e. The molecule has 1 aromatic rings. The molecule has 1 saturated heterocycles. The lowest BCUT2D eigenvalue weighted by atomic mass is 9.76. The molecule has 3 rings (SSSR count). The van der Waals surface area contributed by atoms with Crippen molar-refractivity contribution in [2.24, 2.45) is 0 Å². The molecule has 29 heavy (non-hydrogen) atoms. The van der Waals surface area contributed by atoms with Crippen molar-refractivity contribution in [3.05, 3.63) is 22.8 Å². The monoisotopic (exact) mass is 424 g/mol. The van der Waals surface area contributed by atoms with Gasteiger partial charge in [0, 0.05) is 32.3 Å². The maximum absolute atomic E-state index is 12.7. The molecule has 0 unspecified atom stereocenters. The molecule has 1 aliphatic carbocycles. The number of carbonyl (C=O) groups excluding carboxylic acids is 2. The second-order valence-corrected chi connectivity index (χ2v) is 9.13. The first-order valence-corrected chi connectivity index (χ1v) is 10.2. The van der Waals surface area contributed by atoms with Crippen LogP contribution in [0.2, 0.25) is 5.15 Å². The number of rotatable bonds is 6.